The number of imidazole rings is 1. The number of nitrogens with zero attached hydrogens (tertiary/aromatic N) is 2. The number of ketones is 1. The minimum absolute atomic E-state index is 0.00505. The van der Waals surface area contributed by atoms with Crippen molar-refractivity contribution in [3.63, 3.8) is 0 Å². The smallest absolute Gasteiger partial charge is 0.195 e. The third-order valence-electron chi connectivity index (χ3n) is 1.72. The van der Waals surface area contributed by atoms with Gasteiger partial charge in [0, 0.05) is 13.1 Å². The van der Waals surface area contributed by atoms with E-state index in [4.69, 9.17) is 0 Å². The topological polar surface area (TPSA) is 34.4 Å². The van der Waals surface area contributed by atoms with Crippen molar-refractivity contribution in [1.82, 2.24) is 9.38 Å². The van der Waals surface area contributed by atoms with E-state index >= 15 is 0 Å². The van der Waals surface area contributed by atoms with Gasteiger partial charge in [0.1, 0.15) is 4.83 Å². The van der Waals surface area contributed by atoms with Crippen LogP contribution in [0, 0.1) is 0 Å². The van der Waals surface area contributed by atoms with E-state index < -0.39 is 0 Å². The van der Waals surface area contributed by atoms with Gasteiger partial charge in [-0.15, -0.1) is 23.1 Å². The van der Waals surface area contributed by atoms with Gasteiger partial charge in [-0.1, -0.05) is 0 Å². The summed E-state index contributed by atoms with van der Waals surface area (Å²) < 4.78 is 3.04. The Labute approximate surface area is 83.8 Å². The molecule has 2 aromatic heterocycles. The molecule has 0 spiro atoms. The average Bonchev–Trinajstić information content (AvgIpc) is 2.59. The molecule has 0 aliphatic carbocycles. The van der Waals surface area contributed by atoms with E-state index in [1.54, 1.807) is 29.3 Å². The van der Waals surface area contributed by atoms with Crippen LogP contribution in [0.2, 0.25) is 0 Å². The quantitative estimate of drug-likeness (QED) is 0.566. The molecule has 0 unspecified atom stereocenters. The number of Topliss-reactive ketones (excluding diaryl/α,β-unsaturated/α-hetero) is 1. The van der Waals surface area contributed by atoms with Gasteiger partial charge in [0.25, 0.3) is 0 Å². The van der Waals surface area contributed by atoms with Crippen molar-refractivity contribution in [2.45, 2.75) is 11.1 Å². The first kappa shape index (κ1) is 8.77. The molecular weight excluding hydrogens is 204 g/mol. The molecule has 2 aromatic rings. The van der Waals surface area contributed by atoms with Gasteiger partial charge in [0.2, 0.25) is 0 Å². The Hall–Kier alpha value is -0.810. The van der Waals surface area contributed by atoms with Crippen LogP contribution in [-0.2, 0) is 0 Å². The highest BCUT2D eigenvalue weighted by Gasteiger charge is 2.10. The van der Waals surface area contributed by atoms with Gasteiger partial charge in [-0.25, -0.2) is 4.98 Å². The number of carbonyl (C=O) groups excluding carboxylic acids is 1. The minimum Gasteiger partial charge on any atom is -0.291 e. The summed E-state index contributed by atoms with van der Waals surface area (Å²) >= 11 is 3.32. The van der Waals surface area contributed by atoms with E-state index in [0.29, 0.717) is 5.82 Å². The van der Waals surface area contributed by atoms with Gasteiger partial charge < -0.3 is 0 Å². The van der Waals surface area contributed by atoms with Crippen molar-refractivity contribution in [3.8, 4) is 0 Å². The van der Waals surface area contributed by atoms with Crippen molar-refractivity contribution in [2.75, 3.05) is 6.26 Å². The lowest BCUT2D eigenvalue weighted by Gasteiger charge is -1.89. The van der Waals surface area contributed by atoms with E-state index in [1.807, 2.05) is 16.9 Å². The zero-order valence-electron chi connectivity index (χ0n) is 7.27. The molecule has 0 bridgehead atoms. The number of carbonyl (C=O) groups is 1. The van der Waals surface area contributed by atoms with Gasteiger partial charge in [0.15, 0.2) is 11.6 Å². The summed E-state index contributed by atoms with van der Waals surface area (Å²) in [5, 5.41) is 0. The van der Waals surface area contributed by atoms with Crippen molar-refractivity contribution < 1.29 is 4.79 Å². The van der Waals surface area contributed by atoms with E-state index in [2.05, 4.69) is 4.98 Å². The highest BCUT2D eigenvalue weighted by molar-refractivity contribution is 8.00. The van der Waals surface area contributed by atoms with Crippen LogP contribution in [0.15, 0.2) is 16.6 Å². The van der Waals surface area contributed by atoms with E-state index in [-0.39, 0.29) is 5.78 Å². The second-order valence-corrected chi connectivity index (χ2v) is 4.77. The van der Waals surface area contributed by atoms with Crippen LogP contribution in [0.1, 0.15) is 17.5 Å². The molecule has 0 aromatic carbocycles. The predicted molar refractivity (Wildman–Crippen MR) is 54.9 cm³/mol. The first-order chi connectivity index (χ1) is 6.22. The Bertz CT molecular complexity index is 458. The number of rotatable bonds is 2. The van der Waals surface area contributed by atoms with Crippen LogP contribution in [0.3, 0.4) is 0 Å². The fourth-order valence-electron chi connectivity index (χ4n) is 1.14. The van der Waals surface area contributed by atoms with Gasteiger partial charge in [-0.3, -0.25) is 9.20 Å². The molecule has 68 valence electrons. The van der Waals surface area contributed by atoms with Crippen LogP contribution in [-0.4, -0.2) is 21.4 Å². The fourth-order valence-corrected chi connectivity index (χ4v) is 2.64. The molecule has 0 amide bonds. The molecule has 0 aliphatic rings. The Kier molecular flexibility index (Phi) is 2.13. The number of hydrogen-bond donors (Lipinski definition) is 0. The molecule has 0 saturated carbocycles. The van der Waals surface area contributed by atoms with Crippen molar-refractivity contribution in [1.29, 1.82) is 0 Å². The van der Waals surface area contributed by atoms with Crippen LogP contribution in [0.25, 0.3) is 4.83 Å². The second kappa shape index (κ2) is 3.16. The SMILES string of the molecule is CSc1cn2c(C(C)=O)ncc2s1. The summed E-state index contributed by atoms with van der Waals surface area (Å²) in [5.74, 6) is 0.525. The fraction of sp³-hybridized carbons (Fsp3) is 0.250. The summed E-state index contributed by atoms with van der Waals surface area (Å²) in [6.07, 6.45) is 5.71. The third kappa shape index (κ3) is 1.38. The zero-order chi connectivity index (χ0) is 9.42. The second-order valence-electron chi connectivity index (χ2n) is 2.60. The number of thioether (sulfide) groups is 1. The molecule has 2 heterocycles. The monoisotopic (exact) mass is 212 g/mol. The Morgan fingerprint density at radius 3 is 3.08 bits per heavy atom. The molecule has 2 rings (SSSR count). The lowest BCUT2D eigenvalue weighted by atomic mass is 10.4. The van der Waals surface area contributed by atoms with Crippen molar-refractivity contribution >= 4 is 33.7 Å². The maximum atomic E-state index is 11.1. The Morgan fingerprint density at radius 2 is 2.46 bits per heavy atom. The summed E-state index contributed by atoms with van der Waals surface area (Å²) in [7, 11) is 0. The minimum atomic E-state index is 0.00505. The third-order valence-corrected chi connectivity index (χ3v) is 3.79. The molecular formula is C8H8N2OS2. The van der Waals surface area contributed by atoms with E-state index in [1.165, 1.54) is 11.1 Å². The van der Waals surface area contributed by atoms with Crippen LogP contribution < -0.4 is 0 Å². The van der Waals surface area contributed by atoms with Gasteiger partial charge in [-0.05, 0) is 6.26 Å². The molecule has 0 N–H and O–H groups in total. The normalized spacial score (nSPS) is 10.9. The number of fused-ring (bicyclic) bond motifs is 1. The van der Waals surface area contributed by atoms with Crippen molar-refractivity contribution in [3.05, 3.63) is 18.2 Å². The first-order valence-corrected chi connectivity index (χ1v) is 5.78. The molecule has 0 radical (unpaired) electrons. The Balaban J connectivity index is 2.65. The predicted octanol–water partition coefficient (Wildman–Crippen LogP) is 2.32. The molecule has 13 heavy (non-hydrogen) atoms. The molecule has 5 heteroatoms. The summed E-state index contributed by atoms with van der Waals surface area (Å²) in [4.78, 5) is 16.2. The maximum absolute atomic E-state index is 11.1. The highest BCUT2D eigenvalue weighted by Crippen LogP contribution is 2.26. The van der Waals surface area contributed by atoms with Gasteiger partial charge in [0.05, 0.1) is 10.4 Å². The molecule has 0 atom stereocenters. The van der Waals surface area contributed by atoms with Crippen LogP contribution >= 0.6 is 23.1 Å². The summed E-state index contributed by atoms with van der Waals surface area (Å²) in [6, 6.07) is 0. The maximum Gasteiger partial charge on any atom is 0.195 e. The van der Waals surface area contributed by atoms with Crippen LogP contribution in [0.5, 0.6) is 0 Å². The molecule has 0 fully saturated rings. The zero-order valence-corrected chi connectivity index (χ0v) is 8.91. The van der Waals surface area contributed by atoms with Crippen LogP contribution in [0.4, 0.5) is 0 Å². The summed E-state index contributed by atoms with van der Waals surface area (Å²) in [5.41, 5.74) is 0. The van der Waals surface area contributed by atoms with E-state index in [9.17, 15) is 4.79 Å². The van der Waals surface area contributed by atoms with Crippen molar-refractivity contribution in [2.24, 2.45) is 0 Å². The van der Waals surface area contributed by atoms with Gasteiger partial charge >= 0.3 is 0 Å². The standard InChI is InChI=1S/C8H8N2OS2/c1-5(11)8-9-3-6-10(8)4-7(12-2)13-6/h3-4H,1-2H3. The first-order valence-electron chi connectivity index (χ1n) is 3.74. The van der Waals surface area contributed by atoms with E-state index in [0.717, 1.165) is 4.83 Å². The molecule has 3 nitrogen and oxygen atoms in total. The largest absolute Gasteiger partial charge is 0.291 e. The summed E-state index contributed by atoms with van der Waals surface area (Å²) in [6.45, 7) is 1.53. The lowest BCUT2D eigenvalue weighted by Crippen LogP contribution is -1.98. The lowest BCUT2D eigenvalue weighted by molar-refractivity contribution is 0.100. The molecule has 0 saturated heterocycles. The number of hydrogen-bond acceptors (Lipinski definition) is 4. The molecule has 0 aliphatic heterocycles. The van der Waals surface area contributed by atoms with Gasteiger partial charge in [-0.2, -0.15) is 0 Å². The number of thiazole rings is 1. The average molecular weight is 212 g/mol. The number of aromatic nitrogens is 2. The Morgan fingerprint density at radius 1 is 1.69 bits per heavy atom. The highest BCUT2D eigenvalue weighted by atomic mass is 32.2.